The van der Waals surface area contributed by atoms with Gasteiger partial charge < -0.3 is 14.6 Å². The molecule has 5 heteroatoms. The summed E-state index contributed by atoms with van der Waals surface area (Å²) in [5, 5.41) is 9.56. The second kappa shape index (κ2) is 6.68. The number of nitrogens with zero attached hydrogens (tertiary/aromatic N) is 1. The molecule has 18 heavy (non-hydrogen) atoms. The molecular weight excluding hydrogens is 237 g/mol. The van der Waals surface area contributed by atoms with Gasteiger partial charge in [0.25, 0.3) is 0 Å². The Morgan fingerprint density at radius 3 is 2.94 bits per heavy atom. The Morgan fingerprint density at radius 1 is 1.39 bits per heavy atom. The van der Waals surface area contributed by atoms with Gasteiger partial charge in [-0.2, -0.15) is 0 Å². The van der Waals surface area contributed by atoms with Crippen molar-refractivity contribution in [1.82, 2.24) is 4.90 Å². The number of aliphatic hydroxyl groups excluding tert-OH is 1. The first-order chi connectivity index (χ1) is 8.74. The van der Waals surface area contributed by atoms with Crippen LogP contribution in [0.15, 0.2) is 24.3 Å². The lowest BCUT2D eigenvalue weighted by Gasteiger charge is -2.20. The van der Waals surface area contributed by atoms with Gasteiger partial charge >= 0.3 is 0 Å². The van der Waals surface area contributed by atoms with Gasteiger partial charge in [-0.3, -0.25) is 4.90 Å². The fraction of sp³-hybridized carbons (Fsp3) is 0.538. The van der Waals surface area contributed by atoms with Gasteiger partial charge in [-0.15, -0.1) is 0 Å². The molecule has 1 heterocycles. The van der Waals surface area contributed by atoms with Crippen LogP contribution < -0.4 is 4.74 Å². The molecule has 0 bridgehead atoms. The maximum absolute atomic E-state index is 12.7. The standard InChI is InChI=1S/C13H18FNO3/c14-11-1-3-13(4-2-11)18-8-6-15-5-7-17-10-12(16)9-15/h1-4,12,16H,5-10H2/t12-/m0/s1. The van der Waals surface area contributed by atoms with Gasteiger partial charge in [-0.05, 0) is 24.3 Å². The van der Waals surface area contributed by atoms with Crippen LogP contribution in [-0.2, 0) is 4.74 Å². The van der Waals surface area contributed by atoms with Crippen LogP contribution in [0.2, 0.25) is 0 Å². The molecule has 1 atom stereocenters. The Bertz CT molecular complexity index is 358. The minimum atomic E-state index is -0.432. The molecule has 0 unspecified atom stereocenters. The van der Waals surface area contributed by atoms with Crippen LogP contribution in [0.5, 0.6) is 5.75 Å². The molecule has 1 aromatic rings. The summed E-state index contributed by atoms with van der Waals surface area (Å²) >= 11 is 0. The molecule has 0 amide bonds. The first kappa shape index (κ1) is 13.3. The quantitative estimate of drug-likeness (QED) is 0.868. The van der Waals surface area contributed by atoms with Crippen molar-refractivity contribution in [3.05, 3.63) is 30.1 Å². The van der Waals surface area contributed by atoms with Crippen molar-refractivity contribution in [2.24, 2.45) is 0 Å². The first-order valence-electron chi connectivity index (χ1n) is 6.10. The predicted octanol–water partition coefficient (Wildman–Crippen LogP) is 0.898. The Kier molecular flexibility index (Phi) is 4.92. The number of aliphatic hydroxyl groups is 1. The normalized spacial score (nSPS) is 21.6. The van der Waals surface area contributed by atoms with Crippen molar-refractivity contribution in [3.8, 4) is 5.75 Å². The van der Waals surface area contributed by atoms with E-state index in [0.717, 1.165) is 13.1 Å². The summed E-state index contributed by atoms with van der Waals surface area (Å²) in [4.78, 5) is 2.10. The van der Waals surface area contributed by atoms with E-state index in [2.05, 4.69) is 4.90 Å². The number of halogens is 1. The zero-order chi connectivity index (χ0) is 12.8. The monoisotopic (exact) mass is 255 g/mol. The highest BCUT2D eigenvalue weighted by Crippen LogP contribution is 2.11. The Balaban J connectivity index is 1.72. The fourth-order valence-electron chi connectivity index (χ4n) is 1.88. The van der Waals surface area contributed by atoms with Crippen molar-refractivity contribution >= 4 is 0 Å². The number of hydrogen-bond acceptors (Lipinski definition) is 4. The molecule has 0 saturated carbocycles. The number of ether oxygens (including phenoxy) is 2. The summed E-state index contributed by atoms with van der Waals surface area (Å²) in [7, 11) is 0. The summed E-state index contributed by atoms with van der Waals surface area (Å²) < 4.78 is 23.4. The molecule has 1 N–H and O–H groups in total. The van der Waals surface area contributed by atoms with Gasteiger partial charge in [0.1, 0.15) is 18.2 Å². The van der Waals surface area contributed by atoms with E-state index in [0.29, 0.717) is 32.1 Å². The minimum absolute atomic E-state index is 0.268. The van der Waals surface area contributed by atoms with Crippen LogP contribution in [0.25, 0.3) is 0 Å². The van der Waals surface area contributed by atoms with Crippen LogP contribution in [-0.4, -0.2) is 55.6 Å². The van der Waals surface area contributed by atoms with E-state index >= 15 is 0 Å². The van der Waals surface area contributed by atoms with Crippen LogP contribution >= 0.6 is 0 Å². The molecule has 0 radical (unpaired) electrons. The summed E-state index contributed by atoms with van der Waals surface area (Å²) in [5.41, 5.74) is 0. The van der Waals surface area contributed by atoms with Crippen LogP contribution in [0.4, 0.5) is 4.39 Å². The number of rotatable bonds is 4. The Hall–Kier alpha value is -1.17. The van der Waals surface area contributed by atoms with E-state index in [4.69, 9.17) is 9.47 Å². The Morgan fingerprint density at radius 2 is 2.17 bits per heavy atom. The van der Waals surface area contributed by atoms with E-state index < -0.39 is 6.10 Å². The molecular formula is C13H18FNO3. The molecule has 1 aliphatic heterocycles. The smallest absolute Gasteiger partial charge is 0.123 e. The summed E-state index contributed by atoms with van der Waals surface area (Å²) in [6.07, 6.45) is -0.432. The molecule has 0 spiro atoms. The fourth-order valence-corrected chi connectivity index (χ4v) is 1.88. The second-order valence-electron chi connectivity index (χ2n) is 4.33. The van der Waals surface area contributed by atoms with Crippen LogP contribution in [0.1, 0.15) is 0 Å². The molecule has 1 aliphatic rings. The lowest BCUT2D eigenvalue weighted by molar-refractivity contribution is 0.0560. The summed E-state index contributed by atoms with van der Waals surface area (Å²) in [6, 6.07) is 5.96. The molecule has 4 nitrogen and oxygen atoms in total. The third-order valence-electron chi connectivity index (χ3n) is 2.82. The van der Waals surface area contributed by atoms with E-state index in [-0.39, 0.29) is 5.82 Å². The SMILES string of the molecule is O[C@@H]1COCCN(CCOc2ccc(F)cc2)C1. The largest absolute Gasteiger partial charge is 0.492 e. The highest BCUT2D eigenvalue weighted by molar-refractivity contribution is 5.21. The molecule has 1 aromatic carbocycles. The van der Waals surface area contributed by atoms with Gasteiger partial charge in [0.2, 0.25) is 0 Å². The number of β-amino-alcohol motifs (C(OH)–C–C–N with tert-alkyl or cyclic N) is 1. The minimum Gasteiger partial charge on any atom is -0.492 e. The lowest BCUT2D eigenvalue weighted by Crippen LogP contribution is -2.35. The third-order valence-corrected chi connectivity index (χ3v) is 2.82. The van der Waals surface area contributed by atoms with Crippen molar-refractivity contribution in [2.45, 2.75) is 6.10 Å². The van der Waals surface area contributed by atoms with Crippen molar-refractivity contribution in [1.29, 1.82) is 0 Å². The van der Waals surface area contributed by atoms with Crippen molar-refractivity contribution in [2.75, 3.05) is 39.5 Å². The number of benzene rings is 1. The van der Waals surface area contributed by atoms with E-state index in [1.807, 2.05) is 0 Å². The molecule has 1 fully saturated rings. The van der Waals surface area contributed by atoms with E-state index in [9.17, 15) is 9.50 Å². The molecule has 100 valence electrons. The molecule has 2 rings (SSSR count). The van der Waals surface area contributed by atoms with Crippen molar-refractivity contribution < 1.29 is 19.0 Å². The second-order valence-corrected chi connectivity index (χ2v) is 4.33. The van der Waals surface area contributed by atoms with E-state index in [1.54, 1.807) is 12.1 Å². The molecule has 0 aromatic heterocycles. The zero-order valence-corrected chi connectivity index (χ0v) is 10.2. The topological polar surface area (TPSA) is 41.9 Å². The highest BCUT2D eigenvalue weighted by atomic mass is 19.1. The van der Waals surface area contributed by atoms with Crippen molar-refractivity contribution in [3.63, 3.8) is 0 Å². The molecule has 1 saturated heterocycles. The number of hydrogen-bond donors (Lipinski definition) is 1. The van der Waals surface area contributed by atoms with Crippen LogP contribution in [0, 0.1) is 5.82 Å². The average Bonchev–Trinajstić information content (AvgIpc) is 2.56. The Labute approximate surface area is 106 Å². The third kappa shape index (κ3) is 4.25. The van der Waals surface area contributed by atoms with Gasteiger partial charge in [0, 0.05) is 19.6 Å². The van der Waals surface area contributed by atoms with Gasteiger partial charge in [0.05, 0.1) is 19.3 Å². The lowest BCUT2D eigenvalue weighted by atomic mass is 10.3. The van der Waals surface area contributed by atoms with E-state index in [1.165, 1.54) is 12.1 Å². The van der Waals surface area contributed by atoms with Crippen LogP contribution in [0.3, 0.4) is 0 Å². The predicted molar refractivity (Wildman–Crippen MR) is 65.2 cm³/mol. The van der Waals surface area contributed by atoms with Gasteiger partial charge in [0.15, 0.2) is 0 Å². The van der Waals surface area contributed by atoms with Gasteiger partial charge in [-0.1, -0.05) is 0 Å². The maximum Gasteiger partial charge on any atom is 0.123 e. The maximum atomic E-state index is 12.7. The molecule has 0 aliphatic carbocycles. The summed E-state index contributed by atoms with van der Waals surface area (Å²) in [5.74, 6) is 0.387. The zero-order valence-electron chi connectivity index (χ0n) is 10.2. The highest BCUT2D eigenvalue weighted by Gasteiger charge is 2.15. The summed E-state index contributed by atoms with van der Waals surface area (Å²) in [6.45, 7) is 3.66. The first-order valence-corrected chi connectivity index (χ1v) is 6.10. The average molecular weight is 255 g/mol. The van der Waals surface area contributed by atoms with Gasteiger partial charge in [-0.25, -0.2) is 4.39 Å².